The molecule has 27 heavy (non-hydrogen) atoms. The van der Waals surface area contributed by atoms with Gasteiger partial charge in [0.2, 0.25) is 5.91 Å². The van der Waals surface area contributed by atoms with Crippen LogP contribution in [0.15, 0.2) is 48.5 Å². The van der Waals surface area contributed by atoms with Gasteiger partial charge in [-0.1, -0.05) is 24.3 Å². The molecule has 0 bridgehead atoms. The molecule has 0 radical (unpaired) electrons. The summed E-state index contributed by atoms with van der Waals surface area (Å²) in [6.45, 7) is 3.26. The monoisotopic (exact) mass is 403 g/mol. The van der Waals surface area contributed by atoms with E-state index in [0.29, 0.717) is 13.2 Å². The Morgan fingerprint density at radius 1 is 1.26 bits per heavy atom. The molecule has 0 aliphatic carbocycles. The molecule has 1 amide bonds. The third kappa shape index (κ3) is 4.65. The predicted molar refractivity (Wildman–Crippen MR) is 112 cm³/mol. The van der Waals surface area contributed by atoms with E-state index < -0.39 is 0 Å². The number of morpholine rings is 1. The van der Waals surface area contributed by atoms with Gasteiger partial charge in [-0.05, 0) is 36.8 Å². The number of carbonyl (C=O) groups is 1. The van der Waals surface area contributed by atoms with Gasteiger partial charge in [-0.15, -0.1) is 23.7 Å². The molecule has 1 aliphatic heterocycles. The predicted octanol–water partition coefficient (Wildman–Crippen LogP) is 3.62. The number of nitrogens with one attached hydrogen (secondary N) is 2. The van der Waals surface area contributed by atoms with Crippen LogP contribution in [-0.4, -0.2) is 36.2 Å². The van der Waals surface area contributed by atoms with Crippen LogP contribution < -0.4 is 10.6 Å². The fourth-order valence-electron chi connectivity index (χ4n) is 3.12. The highest BCUT2D eigenvalue weighted by molar-refractivity contribution is 7.18. The first-order valence-corrected chi connectivity index (χ1v) is 9.60. The molecular formula is C20H22ClN3O2S. The summed E-state index contributed by atoms with van der Waals surface area (Å²) in [5.41, 5.74) is 3.02. The highest BCUT2D eigenvalue weighted by Gasteiger charge is 2.28. The lowest BCUT2D eigenvalue weighted by Gasteiger charge is -2.29. The van der Waals surface area contributed by atoms with Crippen molar-refractivity contribution in [3.63, 3.8) is 0 Å². The second-order valence-corrected chi connectivity index (χ2v) is 7.56. The second kappa shape index (κ2) is 8.80. The number of nitrogens with zero attached hydrogens (tertiary/aromatic N) is 1. The van der Waals surface area contributed by atoms with Crippen molar-refractivity contribution in [3.05, 3.63) is 59.1 Å². The number of benzene rings is 2. The number of hydrogen-bond donors (Lipinski definition) is 2. The molecule has 4 rings (SSSR count). The molecule has 3 aromatic rings. The summed E-state index contributed by atoms with van der Waals surface area (Å²) < 4.78 is 6.74. The van der Waals surface area contributed by atoms with Gasteiger partial charge in [-0.25, -0.2) is 4.98 Å². The Morgan fingerprint density at radius 2 is 2.04 bits per heavy atom. The van der Waals surface area contributed by atoms with Crippen LogP contribution in [0.2, 0.25) is 0 Å². The smallest absolute Gasteiger partial charge is 0.244 e. The molecule has 1 saturated heterocycles. The van der Waals surface area contributed by atoms with Crippen LogP contribution >= 0.6 is 23.7 Å². The van der Waals surface area contributed by atoms with Gasteiger partial charge in [-0.2, -0.15) is 0 Å². The summed E-state index contributed by atoms with van der Waals surface area (Å²) in [5.74, 6) is -0.0591. The molecule has 0 saturated carbocycles. The van der Waals surface area contributed by atoms with Gasteiger partial charge in [-0.3, -0.25) is 4.79 Å². The van der Waals surface area contributed by atoms with E-state index in [1.54, 1.807) is 11.3 Å². The van der Waals surface area contributed by atoms with Crippen LogP contribution in [0.5, 0.6) is 0 Å². The SMILES string of the molecule is C[C@H]1OCCN[C@@H]1C(=O)Nc1ccc(Cc2nc3ccccc3s2)cc1.Cl. The first-order valence-electron chi connectivity index (χ1n) is 8.78. The molecule has 0 spiro atoms. The third-order valence-corrected chi connectivity index (χ3v) is 5.55. The molecule has 1 aromatic heterocycles. The van der Waals surface area contributed by atoms with Crippen molar-refractivity contribution in [1.82, 2.24) is 10.3 Å². The lowest BCUT2D eigenvalue weighted by molar-refractivity contribution is -0.123. The van der Waals surface area contributed by atoms with Crippen LogP contribution in [0.3, 0.4) is 0 Å². The minimum atomic E-state index is -0.314. The zero-order valence-corrected chi connectivity index (χ0v) is 16.6. The summed E-state index contributed by atoms with van der Waals surface area (Å²) in [4.78, 5) is 17.1. The Morgan fingerprint density at radius 3 is 2.78 bits per heavy atom. The maximum Gasteiger partial charge on any atom is 0.244 e. The maximum absolute atomic E-state index is 12.4. The molecule has 142 valence electrons. The topological polar surface area (TPSA) is 63.2 Å². The molecule has 0 unspecified atom stereocenters. The Balaban J connectivity index is 0.00000210. The van der Waals surface area contributed by atoms with E-state index in [4.69, 9.17) is 4.74 Å². The van der Waals surface area contributed by atoms with Crippen LogP contribution in [0.4, 0.5) is 5.69 Å². The van der Waals surface area contributed by atoms with Gasteiger partial charge in [0.25, 0.3) is 0 Å². The van der Waals surface area contributed by atoms with Crippen LogP contribution in [0.1, 0.15) is 17.5 Å². The van der Waals surface area contributed by atoms with E-state index in [2.05, 4.69) is 21.7 Å². The number of ether oxygens (including phenoxy) is 1. The van der Waals surface area contributed by atoms with Crippen molar-refractivity contribution in [2.45, 2.75) is 25.5 Å². The molecule has 2 aromatic carbocycles. The number of hydrogen-bond acceptors (Lipinski definition) is 5. The first-order chi connectivity index (χ1) is 12.7. The number of thiazole rings is 1. The van der Waals surface area contributed by atoms with Crippen molar-refractivity contribution in [1.29, 1.82) is 0 Å². The van der Waals surface area contributed by atoms with E-state index in [1.165, 1.54) is 10.3 Å². The Hall–Kier alpha value is -1.99. The minimum Gasteiger partial charge on any atom is -0.375 e. The van der Waals surface area contributed by atoms with Gasteiger partial charge in [0.15, 0.2) is 0 Å². The molecule has 2 N–H and O–H groups in total. The number of halogens is 1. The van der Waals surface area contributed by atoms with Gasteiger partial charge in [0, 0.05) is 18.7 Å². The van der Waals surface area contributed by atoms with Crippen molar-refractivity contribution >= 4 is 45.6 Å². The zero-order chi connectivity index (χ0) is 17.9. The second-order valence-electron chi connectivity index (χ2n) is 6.45. The van der Waals surface area contributed by atoms with Gasteiger partial charge >= 0.3 is 0 Å². The van der Waals surface area contributed by atoms with Gasteiger partial charge < -0.3 is 15.4 Å². The molecular weight excluding hydrogens is 382 g/mol. The van der Waals surface area contributed by atoms with E-state index in [-0.39, 0.29) is 30.5 Å². The number of rotatable bonds is 4. The summed E-state index contributed by atoms with van der Waals surface area (Å²) in [6.07, 6.45) is 0.671. The largest absolute Gasteiger partial charge is 0.375 e. The van der Waals surface area contributed by atoms with Crippen molar-refractivity contribution in [2.24, 2.45) is 0 Å². The van der Waals surface area contributed by atoms with E-state index in [9.17, 15) is 4.79 Å². The van der Waals surface area contributed by atoms with Crippen molar-refractivity contribution in [2.75, 3.05) is 18.5 Å². The zero-order valence-electron chi connectivity index (χ0n) is 15.0. The van der Waals surface area contributed by atoms with Crippen molar-refractivity contribution < 1.29 is 9.53 Å². The average Bonchev–Trinajstić information content (AvgIpc) is 3.06. The molecule has 5 nitrogen and oxygen atoms in total. The van der Waals surface area contributed by atoms with Crippen LogP contribution in [0.25, 0.3) is 10.2 Å². The lowest BCUT2D eigenvalue weighted by atomic mass is 10.1. The standard InChI is InChI=1S/C20H21N3O2S.ClH/c1-13-19(21-10-11-25-13)20(24)22-15-8-6-14(7-9-15)12-18-23-16-4-2-3-5-17(16)26-18;/h2-9,13,19,21H,10-12H2,1H3,(H,22,24);1H/t13-,19+;/m1./s1. The van der Waals surface area contributed by atoms with Crippen LogP contribution in [0, 0.1) is 0 Å². The summed E-state index contributed by atoms with van der Waals surface area (Å²) in [6, 6.07) is 15.8. The molecule has 1 fully saturated rings. The Kier molecular flexibility index (Phi) is 6.44. The molecule has 2 atom stereocenters. The van der Waals surface area contributed by atoms with E-state index in [1.807, 2.05) is 49.4 Å². The van der Waals surface area contributed by atoms with Crippen LogP contribution in [-0.2, 0) is 16.0 Å². The quantitative estimate of drug-likeness (QED) is 0.698. The summed E-state index contributed by atoms with van der Waals surface area (Å²) in [7, 11) is 0. The highest BCUT2D eigenvalue weighted by atomic mass is 35.5. The number of carbonyl (C=O) groups excluding carboxylic acids is 1. The van der Waals surface area contributed by atoms with Gasteiger partial charge in [0.1, 0.15) is 6.04 Å². The first kappa shape index (κ1) is 19.8. The fraction of sp³-hybridized carbons (Fsp3) is 0.300. The van der Waals surface area contributed by atoms with Crippen molar-refractivity contribution in [3.8, 4) is 0 Å². The molecule has 1 aliphatic rings. The summed E-state index contributed by atoms with van der Waals surface area (Å²) in [5, 5.41) is 7.26. The highest BCUT2D eigenvalue weighted by Crippen LogP contribution is 2.24. The minimum absolute atomic E-state index is 0. The Labute approximate surface area is 168 Å². The molecule has 7 heteroatoms. The number of amides is 1. The lowest BCUT2D eigenvalue weighted by Crippen LogP contribution is -2.53. The third-order valence-electron chi connectivity index (χ3n) is 4.51. The normalized spacial score (nSPS) is 19.4. The maximum atomic E-state index is 12.4. The average molecular weight is 404 g/mol. The number of aromatic nitrogens is 1. The number of fused-ring (bicyclic) bond motifs is 1. The van der Waals surface area contributed by atoms with E-state index in [0.717, 1.165) is 22.6 Å². The van der Waals surface area contributed by atoms with E-state index >= 15 is 0 Å². The number of anilines is 1. The Bertz CT molecular complexity index is 880. The molecule has 2 heterocycles. The van der Waals surface area contributed by atoms with Gasteiger partial charge in [0.05, 0.1) is 27.9 Å². The summed E-state index contributed by atoms with van der Waals surface area (Å²) >= 11 is 1.72. The fourth-order valence-corrected chi connectivity index (χ4v) is 4.12. The number of para-hydroxylation sites is 1.